The van der Waals surface area contributed by atoms with Gasteiger partial charge < -0.3 is 4.98 Å². The van der Waals surface area contributed by atoms with Gasteiger partial charge in [-0.25, -0.2) is 4.98 Å². The van der Waals surface area contributed by atoms with Gasteiger partial charge in [-0.3, -0.25) is 4.98 Å². The summed E-state index contributed by atoms with van der Waals surface area (Å²) in [6.07, 6.45) is 3.59. The van der Waals surface area contributed by atoms with E-state index < -0.39 is 0 Å². The Morgan fingerprint density at radius 2 is 1.44 bits per heavy atom. The molecule has 0 bridgehead atoms. The Morgan fingerprint density at radius 1 is 0.815 bits per heavy atom. The number of benzene rings is 2. The molecule has 4 rings (SSSR count). The molecule has 0 aliphatic heterocycles. The molecule has 3 nitrogen and oxygen atoms in total. The zero-order valence-corrected chi connectivity index (χ0v) is 16.3. The number of nitrogens with zero attached hydrogens (tertiary/aromatic N) is 2. The van der Waals surface area contributed by atoms with Gasteiger partial charge in [0.05, 0.1) is 11.4 Å². The van der Waals surface area contributed by atoms with Crippen LogP contribution in [0, 0.1) is 20.8 Å². The molecule has 134 valence electrons. The quantitative estimate of drug-likeness (QED) is 0.452. The molecule has 2 heterocycles. The molecule has 0 radical (unpaired) electrons. The van der Waals surface area contributed by atoms with Crippen molar-refractivity contribution in [2.24, 2.45) is 0 Å². The van der Waals surface area contributed by atoms with Crippen molar-refractivity contribution in [2.45, 2.75) is 20.8 Å². The highest BCUT2D eigenvalue weighted by Gasteiger charge is 2.17. The Labute approximate surface area is 164 Å². The van der Waals surface area contributed by atoms with E-state index in [4.69, 9.17) is 16.6 Å². The third-order valence-electron chi connectivity index (χ3n) is 4.70. The normalized spacial score (nSPS) is 11.0. The number of aromatic nitrogens is 3. The van der Waals surface area contributed by atoms with E-state index in [1.807, 2.05) is 36.4 Å². The topological polar surface area (TPSA) is 41.6 Å². The molecule has 0 spiro atoms. The van der Waals surface area contributed by atoms with Crippen molar-refractivity contribution in [3.63, 3.8) is 0 Å². The third-order valence-corrected chi connectivity index (χ3v) is 4.96. The van der Waals surface area contributed by atoms with Crippen LogP contribution >= 0.6 is 11.6 Å². The van der Waals surface area contributed by atoms with Crippen LogP contribution in [0.3, 0.4) is 0 Å². The summed E-state index contributed by atoms with van der Waals surface area (Å²) in [5, 5.41) is 0.713. The first-order chi connectivity index (χ1) is 13.0. The van der Waals surface area contributed by atoms with Gasteiger partial charge in [-0.2, -0.15) is 0 Å². The molecular weight excluding hydrogens is 354 g/mol. The number of halogens is 1. The second kappa shape index (κ2) is 7.01. The first-order valence-electron chi connectivity index (χ1n) is 8.87. The molecule has 0 atom stereocenters. The van der Waals surface area contributed by atoms with Gasteiger partial charge in [-0.15, -0.1) is 0 Å². The number of imidazole rings is 1. The number of pyridine rings is 1. The van der Waals surface area contributed by atoms with Gasteiger partial charge in [0.1, 0.15) is 5.82 Å². The summed E-state index contributed by atoms with van der Waals surface area (Å²) in [4.78, 5) is 12.7. The predicted molar refractivity (Wildman–Crippen MR) is 112 cm³/mol. The first kappa shape index (κ1) is 17.5. The van der Waals surface area contributed by atoms with Crippen LogP contribution in [0.5, 0.6) is 0 Å². The van der Waals surface area contributed by atoms with Crippen molar-refractivity contribution in [1.82, 2.24) is 15.0 Å². The summed E-state index contributed by atoms with van der Waals surface area (Å²) in [7, 11) is 0. The summed E-state index contributed by atoms with van der Waals surface area (Å²) < 4.78 is 0. The summed E-state index contributed by atoms with van der Waals surface area (Å²) in [6, 6.07) is 16.2. The van der Waals surface area contributed by atoms with Gasteiger partial charge in [0, 0.05) is 34.1 Å². The Balaban J connectivity index is 1.95. The van der Waals surface area contributed by atoms with Gasteiger partial charge in [-0.1, -0.05) is 41.4 Å². The highest BCUT2D eigenvalue weighted by Crippen LogP contribution is 2.35. The molecular formula is C23H20ClN3. The Morgan fingerprint density at radius 3 is 2.07 bits per heavy atom. The number of rotatable bonds is 3. The van der Waals surface area contributed by atoms with Gasteiger partial charge in [-0.05, 0) is 56.2 Å². The zero-order chi connectivity index (χ0) is 19.0. The highest BCUT2D eigenvalue weighted by atomic mass is 35.5. The average molecular weight is 374 g/mol. The lowest BCUT2D eigenvalue weighted by Crippen LogP contribution is -1.92. The van der Waals surface area contributed by atoms with Crippen LogP contribution < -0.4 is 0 Å². The molecule has 27 heavy (non-hydrogen) atoms. The molecule has 0 unspecified atom stereocenters. The van der Waals surface area contributed by atoms with E-state index in [0.29, 0.717) is 5.02 Å². The Hall–Kier alpha value is -2.91. The molecule has 0 fully saturated rings. The zero-order valence-electron chi connectivity index (χ0n) is 15.5. The number of nitrogens with one attached hydrogen (secondary N) is 1. The predicted octanol–water partition coefficient (Wildman–Crippen LogP) is 6.38. The van der Waals surface area contributed by atoms with Crippen molar-refractivity contribution >= 4 is 11.6 Å². The fraction of sp³-hybridized carbons (Fsp3) is 0.130. The lowest BCUT2D eigenvalue weighted by Gasteiger charge is -2.08. The van der Waals surface area contributed by atoms with Crippen LogP contribution in [0.2, 0.25) is 5.02 Å². The molecule has 0 amide bonds. The maximum Gasteiger partial charge on any atom is 0.139 e. The van der Waals surface area contributed by atoms with Crippen molar-refractivity contribution in [3.05, 3.63) is 82.6 Å². The number of aromatic amines is 1. The fourth-order valence-corrected chi connectivity index (χ4v) is 3.72. The Kier molecular flexibility index (Phi) is 4.54. The minimum atomic E-state index is 0.713. The average Bonchev–Trinajstić information content (AvgIpc) is 3.07. The summed E-state index contributed by atoms with van der Waals surface area (Å²) >= 11 is 6.08. The van der Waals surface area contributed by atoms with Crippen LogP contribution in [-0.4, -0.2) is 15.0 Å². The highest BCUT2D eigenvalue weighted by molar-refractivity contribution is 6.30. The van der Waals surface area contributed by atoms with Crippen LogP contribution in [0.1, 0.15) is 16.7 Å². The minimum Gasteiger partial charge on any atom is -0.337 e. The van der Waals surface area contributed by atoms with E-state index >= 15 is 0 Å². The van der Waals surface area contributed by atoms with Gasteiger partial charge in [0.15, 0.2) is 0 Å². The summed E-state index contributed by atoms with van der Waals surface area (Å²) in [5.74, 6) is 0.877. The number of hydrogen-bond donors (Lipinski definition) is 1. The number of H-pyrrole nitrogens is 1. The third kappa shape index (κ3) is 3.38. The summed E-state index contributed by atoms with van der Waals surface area (Å²) in [5.41, 5.74) is 8.80. The molecule has 4 heteroatoms. The molecule has 0 aliphatic carbocycles. The molecule has 1 N–H and O–H groups in total. The van der Waals surface area contributed by atoms with Gasteiger partial charge in [0.2, 0.25) is 0 Å². The van der Waals surface area contributed by atoms with Crippen molar-refractivity contribution in [1.29, 1.82) is 0 Å². The lowest BCUT2D eigenvalue weighted by atomic mass is 9.99. The van der Waals surface area contributed by atoms with E-state index in [2.05, 4.69) is 42.9 Å². The maximum atomic E-state index is 6.08. The largest absolute Gasteiger partial charge is 0.337 e. The lowest BCUT2D eigenvalue weighted by molar-refractivity contribution is 1.24. The monoisotopic (exact) mass is 373 g/mol. The number of aryl methyl sites for hydroxylation is 3. The van der Waals surface area contributed by atoms with Crippen molar-refractivity contribution < 1.29 is 0 Å². The van der Waals surface area contributed by atoms with Gasteiger partial charge >= 0.3 is 0 Å². The van der Waals surface area contributed by atoms with Crippen LogP contribution in [0.4, 0.5) is 0 Å². The molecule has 4 aromatic rings. The standard InChI is InChI=1S/C23H20ClN3/c1-14-12-15(2)20(16(3)13-14)23-26-21(17-4-6-19(24)7-5-17)22(27-23)18-8-10-25-11-9-18/h4-13H,1-3H3,(H,26,27). The van der Waals surface area contributed by atoms with E-state index in [9.17, 15) is 0 Å². The van der Waals surface area contributed by atoms with Crippen LogP contribution in [0.25, 0.3) is 33.9 Å². The second-order valence-electron chi connectivity index (χ2n) is 6.83. The number of hydrogen-bond acceptors (Lipinski definition) is 2. The summed E-state index contributed by atoms with van der Waals surface area (Å²) in [6.45, 7) is 6.38. The van der Waals surface area contributed by atoms with E-state index in [0.717, 1.165) is 33.9 Å². The van der Waals surface area contributed by atoms with E-state index in [-0.39, 0.29) is 0 Å². The molecule has 2 aromatic heterocycles. The smallest absolute Gasteiger partial charge is 0.139 e. The second-order valence-corrected chi connectivity index (χ2v) is 7.26. The first-order valence-corrected chi connectivity index (χ1v) is 9.25. The van der Waals surface area contributed by atoms with E-state index in [1.54, 1.807) is 12.4 Å². The molecule has 0 saturated heterocycles. The molecule has 0 aliphatic rings. The van der Waals surface area contributed by atoms with Crippen LogP contribution in [0.15, 0.2) is 60.9 Å². The van der Waals surface area contributed by atoms with Crippen molar-refractivity contribution in [3.8, 4) is 33.9 Å². The molecule has 2 aromatic carbocycles. The minimum absolute atomic E-state index is 0.713. The molecule has 0 saturated carbocycles. The SMILES string of the molecule is Cc1cc(C)c(-c2nc(-c3ccc(Cl)cc3)c(-c3ccncc3)[nH]2)c(C)c1. The van der Waals surface area contributed by atoms with Crippen LogP contribution in [-0.2, 0) is 0 Å². The van der Waals surface area contributed by atoms with Gasteiger partial charge in [0.25, 0.3) is 0 Å². The fourth-order valence-electron chi connectivity index (χ4n) is 3.59. The van der Waals surface area contributed by atoms with Crippen molar-refractivity contribution in [2.75, 3.05) is 0 Å². The maximum absolute atomic E-state index is 6.08. The van der Waals surface area contributed by atoms with E-state index in [1.165, 1.54) is 16.7 Å². The Bertz CT molecular complexity index is 1070.